The summed E-state index contributed by atoms with van der Waals surface area (Å²) in [6, 6.07) is 5.79. The number of hydrogen-bond donors (Lipinski definition) is 1. The molecule has 1 aromatic carbocycles. The number of carbonyl (C=O) groups is 1. The first kappa shape index (κ1) is 12.7. The molecular weight excluding hydrogens is 322 g/mol. The number of amides is 1. The van der Waals surface area contributed by atoms with Gasteiger partial charge in [0.15, 0.2) is 0 Å². The third-order valence-electron chi connectivity index (χ3n) is 2.09. The van der Waals surface area contributed by atoms with Crippen molar-refractivity contribution < 1.29 is 4.79 Å². The zero-order valence-corrected chi connectivity index (χ0v) is 11.9. The zero-order chi connectivity index (χ0) is 11.4. The van der Waals surface area contributed by atoms with E-state index in [2.05, 4.69) is 37.2 Å². The minimum atomic E-state index is -0.134. The van der Waals surface area contributed by atoms with E-state index in [1.807, 2.05) is 32.0 Å². The van der Waals surface area contributed by atoms with E-state index in [1.54, 1.807) is 0 Å². The summed E-state index contributed by atoms with van der Waals surface area (Å²) >= 11 is 6.77. The first-order valence-corrected chi connectivity index (χ1v) is 6.47. The fraction of sp³-hybridized carbons (Fsp3) is 0.364. The van der Waals surface area contributed by atoms with Gasteiger partial charge in [0.2, 0.25) is 5.91 Å². The highest BCUT2D eigenvalue weighted by molar-refractivity contribution is 9.10. The largest absolute Gasteiger partial charge is 0.324 e. The third-order valence-corrected chi connectivity index (χ3v) is 4.21. The molecule has 1 unspecified atom stereocenters. The van der Waals surface area contributed by atoms with Crippen molar-refractivity contribution in [2.75, 3.05) is 5.32 Å². The standard InChI is InChI=1S/C11H13Br2NO/c1-3-8(12)11(15)14-9-6-4-5-7(2)10(9)13/h4-6,8H,3H2,1-2H3,(H,14,15). The number of halogens is 2. The highest BCUT2D eigenvalue weighted by Crippen LogP contribution is 2.26. The molecule has 82 valence electrons. The van der Waals surface area contributed by atoms with Crippen LogP contribution in [0.5, 0.6) is 0 Å². The van der Waals surface area contributed by atoms with Gasteiger partial charge in [0, 0.05) is 4.47 Å². The van der Waals surface area contributed by atoms with Crippen molar-refractivity contribution in [3.63, 3.8) is 0 Å². The normalized spacial score (nSPS) is 12.3. The van der Waals surface area contributed by atoms with Crippen LogP contribution in [0.3, 0.4) is 0 Å². The molecule has 0 bridgehead atoms. The Hall–Kier alpha value is -0.350. The summed E-state index contributed by atoms with van der Waals surface area (Å²) in [4.78, 5) is 11.5. The third kappa shape index (κ3) is 3.31. The van der Waals surface area contributed by atoms with Crippen LogP contribution in [0.2, 0.25) is 0 Å². The van der Waals surface area contributed by atoms with Crippen molar-refractivity contribution >= 4 is 43.5 Å². The van der Waals surface area contributed by atoms with Gasteiger partial charge in [-0.25, -0.2) is 0 Å². The van der Waals surface area contributed by atoms with Crippen LogP contribution in [-0.4, -0.2) is 10.7 Å². The van der Waals surface area contributed by atoms with Crippen molar-refractivity contribution in [2.24, 2.45) is 0 Å². The van der Waals surface area contributed by atoms with Crippen LogP contribution in [0.25, 0.3) is 0 Å². The van der Waals surface area contributed by atoms with Crippen LogP contribution < -0.4 is 5.32 Å². The quantitative estimate of drug-likeness (QED) is 0.835. The van der Waals surface area contributed by atoms with Gasteiger partial charge in [-0.1, -0.05) is 35.0 Å². The minimum Gasteiger partial charge on any atom is -0.324 e. The number of benzene rings is 1. The molecule has 1 atom stereocenters. The Bertz CT molecular complexity index is 366. The number of carbonyl (C=O) groups excluding carboxylic acids is 1. The number of anilines is 1. The summed E-state index contributed by atoms with van der Waals surface area (Å²) in [5, 5.41) is 2.87. The Kier molecular flexibility index (Phi) is 4.80. The fourth-order valence-corrected chi connectivity index (χ4v) is 1.62. The zero-order valence-electron chi connectivity index (χ0n) is 8.68. The van der Waals surface area contributed by atoms with Crippen molar-refractivity contribution in [1.29, 1.82) is 0 Å². The minimum absolute atomic E-state index is 0.0104. The van der Waals surface area contributed by atoms with Crippen LogP contribution in [0, 0.1) is 6.92 Å². The number of nitrogens with one attached hydrogen (secondary N) is 1. The number of rotatable bonds is 3. The Morgan fingerprint density at radius 3 is 2.80 bits per heavy atom. The van der Waals surface area contributed by atoms with Crippen molar-refractivity contribution in [1.82, 2.24) is 0 Å². The molecule has 0 spiro atoms. The van der Waals surface area contributed by atoms with E-state index < -0.39 is 0 Å². The molecule has 0 saturated heterocycles. The molecule has 0 aromatic heterocycles. The van der Waals surface area contributed by atoms with E-state index >= 15 is 0 Å². The topological polar surface area (TPSA) is 29.1 Å². The Labute approximate surface area is 107 Å². The average molecular weight is 335 g/mol. The summed E-state index contributed by atoms with van der Waals surface area (Å²) in [5.41, 5.74) is 1.92. The highest BCUT2D eigenvalue weighted by atomic mass is 79.9. The summed E-state index contributed by atoms with van der Waals surface area (Å²) in [6.07, 6.45) is 0.773. The van der Waals surface area contributed by atoms with Gasteiger partial charge < -0.3 is 5.32 Å². The summed E-state index contributed by atoms with van der Waals surface area (Å²) in [6.45, 7) is 3.95. The molecule has 0 aliphatic rings. The summed E-state index contributed by atoms with van der Waals surface area (Å²) < 4.78 is 0.939. The molecule has 1 N–H and O–H groups in total. The van der Waals surface area contributed by atoms with E-state index in [0.717, 1.165) is 22.1 Å². The van der Waals surface area contributed by atoms with Crippen LogP contribution in [0.1, 0.15) is 18.9 Å². The molecule has 4 heteroatoms. The summed E-state index contributed by atoms with van der Waals surface area (Å²) in [7, 11) is 0. The van der Waals surface area contributed by atoms with Crippen LogP contribution >= 0.6 is 31.9 Å². The SMILES string of the molecule is CCC(Br)C(=O)Nc1cccc(C)c1Br. The molecule has 0 radical (unpaired) electrons. The van der Waals surface area contributed by atoms with Crippen LogP contribution in [0.15, 0.2) is 22.7 Å². The van der Waals surface area contributed by atoms with Gasteiger partial charge in [0.05, 0.1) is 10.5 Å². The second-order valence-corrected chi connectivity index (χ2v) is 5.20. The van der Waals surface area contributed by atoms with E-state index in [0.29, 0.717) is 0 Å². The van der Waals surface area contributed by atoms with E-state index in [4.69, 9.17) is 0 Å². The van der Waals surface area contributed by atoms with Gasteiger partial charge in [-0.3, -0.25) is 4.79 Å². The second kappa shape index (κ2) is 5.66. The Morgan fingerprint density at radius 2 is 2.20 bits per heavy atom. The molecule has 0 aliphatic heterocycles. The molecule has 15 heavy (non-hydrogen) atoms. The van der Waals surface area contributed by atoms with E-state index in [1.165, 1.54) is 0 Å². The van der Waals surface area contributed by atoms with E-state index in [-0.39, 0.29) is 10.7 Å². The first-order valence-electron chi connectivity index (χ1n) is 4.76. The lowest BCUT2D eigenvalue weighted by molar-refractivity contribution is -0.115. The molecule has 1 amide bonds. The van der Waals surface area contributed by atoms with Crippen molar-refractivity contribution in [3.05, 3.63) is 28.2 Å². The predicted molar refractivity (Wildman–Crippen MR) is 70.5 cm³/mol. The number of alkyl halides is 1. The molecule has 0 saturated carbocycles. The summed E-state index contributed by atoms with van der Waals surface area (Å²) in [5.74, 6) is -0.0104. The molecular formula is C11H13Br2NO. The van der Waals surface area contributed by atoms with Crippen LogP contribution in [0.4, 0.5) is 5.69 Å². The number of hydrogen-bond acceptors (Lipinski definition) is 1. The highest BCUT2D eigenvalue weighted by Gasteiger charge is 2.13. The lowest BCUT2D eigenvalue weighted by Gasteiger charge is -2.11. The maximum absolute atomic E-state index is 11.6. The predicted octanol–water partition coefficient (Wildman–Crippen LogP) is 3.87. The van der Waals surface area contributed by atoms with Gasteiger partial charge in [-0.2, -0.15) is 0 Å². The fourth-order valence-electron chi connectivity index (χ4n) is 1.14. The maximum atomic E-state index is 11.6. The second-order valence-electron chi connectivity index (χ2n) is 3.30. The Balaban J connectivity index is 2.81. The lowest BCUT2D eigenvalue weighted by Crippen LogP contribution is -2.22. The molecule has 1 rings (SSSR count). The molecule has 0 heterocycles. The molecule has 0 fully saturated rings. The molecule has 2 nitrogen and oxygen atoms in total. The molecule has 1 aromatic rings. The Morgan fingerprint density at radius 1 is 1.53 bits per heavy atom. The lowest BCUT2D eigenvalue weighted by atomic mass is 10.2. The smallest absolute Gasteiger partial charge is 0.238 e. The van der Waals surface area contributed by atoms with Crippen molar-refractivity contribution in [3.8, 4) is 0 Å². The molecule has 0 aliphatic carbocycles. The van der Waals surface area contributed by atoms with Gasteiger partial charge in [0.1, 0.15) is 0 Å². The monoisotopic (exact) mass is 333 g/mol. The average Bonchev–Trinajstić information content (AvgIpc) is 2.23. The van der Waals surface area contributed by atoms with Crippen molar-refractivity contribution in [2.45, 2.75) is 25.1 Å². The van der Waals surface area contributed by atoms with Gasteiger partial charge in [0.25, 0.3) is 0 Å². The maximum Gasteiger partial charge on any atom is 0.238 e. The van der Waals surface area contributed by atoms with E-state index in [9.17, 15) is 4.79 Å². The van der Waals surface area contributed by atoms with Gasteiger partial charge >= 0.3 is 0 Å². The first-order chi connectivity index (χ1) is 7.06. The number of aryl methyl sites for hydroxylation is 1. The van der Waals surface area contributed by atoms with Crippen LogP contribution in [-0.2, 0) is 4.79 Å². The van der Waals surface area contributed by atoms with Gasteiger partial charge in [-0.05, 0) is 40.9 Å². The van der Waals surface area contributed by atoms with Gasteiger partial charge in [-0.15, -0.1) is 0 Å².